The van der Waals surface area contributed by atoms with Crippen molar-refractivity contribution < 1.29 is 0 Å². The highest BCUT2D eigenvalue weighted by molar-refractivity contribution is 7.09. The third kappa shape index (κ3) is 1.62. The smallest absolute Gasteiger partial charge is 0.242 e. The maximum Gasteiger partial charge on any atom is 0.242 e. The second kappa shape index (κ2) is 3.20. The van der Waals surface area contributed by atoms with E-state index in [1.807, 2.05) is 5.38 Å². The van der Waals surface area contributed by atoms with Gasteiger partial charge in [0.15, 0.2) is 0 Å². The van der Waals surface area contributed by atoms with E-state index < -0.39 is 0 Å². The topological polar surface area (TPSA) is 43.6 Å². The number of hydrogen-bond acceptors (Lipinski definition) is 4. The molecule has 2 heterocycles. The predicted octanol–water partition coefficient (Wildman–Crippen LogP) is 1.44. The van der Waals surface area contributed by atoms with Gasteiger partial charge in [0.05, 0.1) is 6.54 Å². The van der Waals surface area contributed by atoms with Gasteiger partial charge in [0, 0.05) is 11.6 Å². The minimum Gasteiger partial charge on any atom is -0.248 e. The Balaban J connectivity index is 2.14. The zero-order valence-electron chi connectivity index (χ0n) is 6.01. The summed E-state index contributed by atoms with van der Waals surface area (Å²) in [6.07, 6.45) is 3.35. The lowest BCUT2D eigenvalue weighted by Gasteiger charge is -1.93. The van der Waals surface area contributed by atoms with Crippen LogP contribution in [-0.2, 0) is 6.54 Å². The second-order valence-electron chi connectivity index (χ2n) is 2.14. The highest BCUT2D eigenvalue weighted by Gasteiger charge is 1.99. The summed E-state index contributed by atoms with van der Waals surface area (Å²) in [7, 11) is 0. The first-order valence-electron chi connectivity index (χ1n) is 3.28. The van der Waals surface area contributed by atoms with Crippen LogP contribution in [0.1, 0.15) is 5.01 Å². The summed E-state index contributed by atoms with van der Waals surface area (Å²) in [4.78, 5) is 7.90. The average Bonchev–Trinajstić information content (AvgIpc) is 2.63. The van der Waals surface area contributed by atoms with Crippen LogP contribution in [0.25, 0.3) is 0 Å². The molecule has 0 fully saturated rings. The summed E-state index contributed by atoms with van der Waals surface area (Å²) in [5.41, 5.74) is 0. The van der Waals surface area contributed by atoms with Gasteiger partial charge in [-0.3, -0.25) is 0 Å². The fraction of sp³-hybridized carbons (Fsp3) is 0.167. The van der Waals surface area contributed by atoms with Gasteiger partial charge in [-0.2, -0.15) is 0 Å². The molecule has 0 spiro atoms. The molecule has 0 atom stereocenters. The van der Waals surface area contributed by atoms with Gasteiger partial charge in [0.25, 0.3) is 0 Å². The van der Waals surface area contributed by atoms with Crippen molar-refractivity contribution >= 4 is 22.9 Å². The predicted molar refractivity (Wildman–Crippen MR) is 46.2 cm³/mol. The van der Waals surface area contributed by atoms with Gasteiger partial charge >= 0.3 is 0 Å². The minimum absolute atomic E-state index is 0.270. The van der Waals surface area contributed by atoms with Crippen molar-refractivity contribution in [3.8, 4) is 0 Å². The van der Waals surface area contributed by atoms with Crippen LogP contribution in [0.2, 0.25) is 5.28 Å². The molecule has 12 heavy (non-hydrogen) atoms. The second-order valence-corrected chi connectivity index (χ2v) is 3.45. The van der Waals surface area contributed by atoms with Crippen LogP contribution in [0.3, 0.4) is 0 Å². The molecule has 0 N–H and O–H groups in total. The van der Waals surface area contributed by atoms with Crippen molar-refractivity contribution in [2.45, 2.75) is 6.54 Å². The largest absolute Gasteiger partial charge is 0.248 e. The molecule has 0 saturated heterocycles. The molecule has 0 saturated carbocycles. The lowest BCUT2D eigenvalue weighted by atomic mass is 10.7. The Labute approximate surface area is 77.8 Å². The summed E-state index contributed by atoms with van der Waals surface area (Å²) >= 11 is 7.12. The Hall–Kier alpha value is -0.940. The number of halogens is 1. The number of rotatable bonds is 2. The lowest BCUT2D eigenvalue weighted by Crippen LogP contribution is -1.98. The van der Waals surface area contributed by atoms with Gasteiger partial charge in [0.1, 0.15) is 11.3 Å². The molecule has 6 heteroatoms. The number of nitrogens with zero attached hydrogens (tertiary/aromatic N) is 4. The zero-order valence-corrected chi connectivity index (χ0v) is 7.59. The molecule has 0 aliphatic rings. The molecule has 0 bridgehead atoms. The van der Waals surface area contributed by atoms with E-state index in [-0.39, 0.29) is 5.28 Å². The van der Waals surface area contributed by atoms with E-state index in [4.69, 9.17) is 11.6 Å². The first kappa shape index (κ1) is 7.70. The van der Waals surface area contributed by atoms with E-state index in [0.717, 1.165) is 5.01 Å². The first-order valence-corrected chi connectivity index (χ1v) is 4.53. The normalized spacial score (nSPS) is 10.4. The summed E-state index contributed by atoms with van der Waals surface area (Å²) in [6, 6.07) is 0. The first-order chi connectivity index (χ1) is 5.84. The molecule has 2 aromatic rings. The van der Waals surface area contributed by atoms with Gasteiger partial charge in [-0.25, -0.2) is 14.6 Å². The van der Waals surface area contributed by atoms with Crippen molar-refractivity contribution in [1.29, 1.82) is 0 Å². The molecule has 4 nitrogen and oxygen atoms in total. The van der Waals surface area contributed by atoms with Crippen LogP contribution in [0.15, 0.2) is 17.9 Å². The molecule has 0 aliphatic heterocycles. The van der Waals surface area contributed by atoms with Crippen LogP contribution >= 0.6 is 22.9 Å². The van der Waals surface area contributed by atoms with Crippen LogP contribution in [-0.4, -0.2) is 19.7 Å². The average molecular weight is 201 g/mol. The fourth-order valence-corrected chi connectivity index (χ4v) is 1.57. The molecule has 0 unspecified atom stereocenters. The van der Waals surface area contributed by atoms with Crippen molar-refractivity contribution in [2.24, 2.45) is 0 Å². The molecule has 2 aromatic heterocycles. The van der Waals surface area contributed by atoms with E-state index in [1.165, 1.54) is 0 Å². The van der Waals surface area contributed by atoms with Crippen molar-refractivity contribution in [3.63, 3.8) is 0 Å². The monoisotopic (exact) mass is 200 g/mol. The maximum atomic E-state index is 5.54. The van der Waals surface area contributed by atoms with Crippen LogP contribution in [0, 0.1) is 0 Å². The fourth-order valence-electron chi connectivity index (χ4n) is 0.818. The van der Waals surface area contributed by atoms with Gasteiger partial charge in [0.2, 0.25) is 5.28 Å². The van der Waals surface area contributed by atoms with Crippen molar-refractivity contribution in [2.75, 3.05) is 0 Å². The lowest BCUT2D eigenvalue weighted by molar-refractivity contribution is 0.681. The number of hydrogen-bond donors (Lipinski definition) is 0. The van der Waals surface area contributed by atoms with E-state index >= 15 is 0 Å². The molecule has 0 radical (unpaired) electrons. The highest BCUT2D eigenvalue weighted by Crippen LogP contribution is 2.06. The van der Waals surface area contributed by atoms with E-state index in [2.05, 4.69) is 15.1 Å². The zero-order chi connectivity index (χ0) is 8.39. The van der Waals surface area contributed by atoms with Crippen LogP contribution in [0.4, 0.5) is 0 Å². The molecule has 0 amide bonds. The molecular weight excluding hydrogens is 196 g/mol. The summed E-state index contributed by atoms with van der Waals surface area (Å²) in [5.74, 6) is 0. The van der Waals surface area contributed by atoms with E-state index in [1.54, 1.807) is 28.5 Å². The number of thiazole rings is 1. The van der Waals surface area contributed by atoms with Gasteiger partial charge in [-0.1, -0.05) is 0 Å². The van der Waals surface area contributed by atoms with Gasteiger partial charge < -0.3 is 0 Å². The summed E-state index contributed by atoms with van der Waals surface area (Å²) in [6.45, 7) is 0.636. The summed E-state index contributed by atoms with van der Waals surface area (Å²) in [5, 5.41) is 7.11. The van der Waals surface area contributed by atoms with E-state index in [0.29, 0.717) is 6.54 Å². The molecule has 0 aromatic carbocycles. The SMILES string of the molecule is Clc1ncn(Cc2nccs2)n1. The molecule has 2 rings (SSSR count). The Morgan fingerprint density at radius 1 is 1.50 bits per heavy atom. The van der Waals surface area contributed by atoms with Crippen molar-refractivity contribution in [1.82, 2.24) is 19.7 Å². The van der Waals surface area contributed by atoms with Crippen LogP contribution < -0.4 is 0 Å². The standard InChI is InChI=1S/C6H5ClN4S/c7-6-9-4-11(10-6)3-5-8-1-2-12-5/h1-2,4H,3H2. The maximum absolute atomic E-state index is 5.54. The number of aromatic nitrogens is 4. The minimum atomic E-state index is 0.270. The van der Waals surface area contributed by atoms with Crippen molar-refractivity contribution in [3.05, 3.63) is 28.2 Å². The Morgan fingerprint density at radius 2 is 2.42 bits per heavy atom. The third-order valence-corrected chi connectivity index (χ3v) is 2.23. The Bertz CT molecular complexity index is 355. The Morgan fingerprint density at radius 3 is 3.00 bits per heavy atom. The Kier molecular flexibility index (Phi) is 2.05. The quantitative estimate of drug-likeness (QED) is 0.737. The molecule has 62 valence electrons. The highest BCUT2D eigenvalue weighted by atomic mass is 35.5. The van der Waals surface area contributed by atoms with Gasteiger partial charge in [-0.05, 0) is 11.6 Å². The van der Waals surface area contributed by atoms with Gasteiger partial charge in [-0.15, -0.1) is 16.4 Å². The summed E-state index contributed by atoms with van der Waals surface area (Å²) < 4.78 is 1.65. The van der Waals surface area contributed by atoms with E-state index in [9.17, 15) is 0 Å². The molecular formula is C6H5ClN4S. The third-order valence-electron chi connectivity index (χ3n) is 1.29. The molecule has 0 aliphatic carbocycles. The van der Waals surface area contributed by atoms with Crippen LogP contribution in [0.5, 0.6) is 0 Å².